The van der Waals surface area contributed by atoms with Gasteiger partial charge in [-0.3, -0.25) is 10.00 Å². The van der Waals surface area contributed by atoms with E-state index >= 15 is 0 Å². The van der Waals surface area contributed by atoms with E-state index in [4.69, 9.17) is 9.47 Å². The van der Waals surface area contributed by atoms with Gasteiger partial charge in [0, 0.05) is 37.1 Å². The first kappa shape index (κ1) is 26.6. The predicted octanol–water partition coefficient (Wildman–Crippen LogP) is 5.54. The van der Waals surface area contributed by atoms with Gasteiger partial charge in [-0.1, -0.05) is 45.0 Å². The van der Waals surface area contributed by atoms with Crippen molar-refractivity contribution in [3.63, 3.8) is 0 Å². The van der Waals surface area contributed by atoms with Crippen molar-refractivity contribution in [2.24, 2.45) is 5.41 Å². The number of ether oxygens (including phenoxy) is 2. The van der Waals surface area contributed by atoms with Gasteiger partial charge in [0.25, 0.3) is 0 Å². The van der Waals surface area contributed by atoms with Crippen molar-refractivity contribution in [2.75, 3.05) is 38.3 Å². The molecule has 3 heterocycles. The monoisotopic (exact) mass is 531 g/mol. The van der Waals surface area contributed by atoms with Crippen LogP contribution in [0.4, 0.5) is 15.3 Å². The Hall–Kier alpha value is -4.01. The number of H-pyrrole nitrogens is 1. The fraction of sp³-hybridized carbons (Fsp3) is 0.433. The Morgan fingerprint density at radius 1 is 1.08 bits per heavy atom. The molecule has 2 aromatic carbocycles. The Labute approximate surface area is 229 Å². The number of urea groups is 1. The molecule has 0 aliphatic carbocycles. The molecule has 0 saturated carbocycles. The molecule has 1 aromatic heterocycles. The maximum absolute atomic E-state index is 14.0. The second kappa shape index (κ2) is 10.6. The number of methoxy groups -OCH3 is 1. The van der Waals surface area contributed by atoms with E-state index in [1.165, 1.54) is 0 Å². The van der Waals surface area contributed by atoms with Gasteiger partial charge in [-0.15, -0.1) is 0 Å². The van der Waals surface area contributed by atoms with Gasteiger partial charge in [0.05, 0.1) is 32.0 Å². The zero-order valence-corrected chi connectivity index (χ0v) is 23.1. The number of aromatic amines is 1. The van der Waals surface area contributed by atoms with Gasteiger partial charge in [0.15, 0.2) is 0 Å². The van der Waals surface area contributed by atoms with Crippen molar-refractivity contribution in [2.45, 2.75) is 45.7 Å². The zero-order chi connectivity index (χ0) is 27.6. The van der Waals surface area contributed by atoms with E-state index in [0.29, 0.717) is 45.6 Å². The lowest BCUT2D eigenvalue weighted by Crippen LogP contribution is -2.55. The molecule has 1 N–H and O–H groups in total. The highest BCUT2D eigenvalue weighted by Gasteiger charge is 2.51. The van der Waals surface area contributed by atoms with Crippen molar-refractivity contribution in [3.8, 4) is 16.9 Å². The van der Waals surface area contributed by atoms with Gasteiger partial charge in [-0.2, -0.15) is 5.10 Å². The van der Waals surface area contributed by atoms with Crippen LogP contribution in [0.3, 0.4) is 0 Å². The van der Waals surface area contributed by atoms with Crippen LogP contribution in [0.5, 0.6) is 5.75 Å². The Bertz CT molecular complexity index is 1290. The number of hydrogen-bond acceptors (Lipinski definition) is 5. The molecule has 206 valence electrons. The van der Waals surface area contributed by atoms with Crippen LogP contribution in [0, 0.1) is 5.41 Å². The summed E-state index contributed by atoms with van der Waals surface area (Å²) in [6, 6.07) is 15.8. The Morgan fingerprint density at radius 2 is 1.82 bits per heavy atom. The standard InChI is InChI=1S/C30H37N5O4/c1-29(2,3)21-39-28(37)33-14-12-30(13-15-33)20-34(25-10-8-23(9-11-25)24-17-31-32-18-24)27(36)35(30)19-22-6-5-7-26(16-22)38-4/h5-11,16-18H,12-15,19-21H2,1-4H3,(H,31,32). The van der Waals surface area contributed by atoms with Gasteiger partial charge in [0.1, 0.15) is 5.75 Å². The first-order valence-corrected chi connectivity index (χ1v) is 13.4. The van der Waals surface area contributed by atoms with Crippen LogP contribution in [-0.4, -0.2) is 71.0 Å². The number of rotatable bonds is 6. The number of benzene rings is 2. The molecular formula is C30H37N5O4. The molecule has 0 bridgehead atoms. The minimum atomic E-state index is -0.399. The molecule has 39 heavy (non-hydrogen) atoms. The summed E-state index contributed by atoms with van der Waals surface area (Å²) >= 11 is 0. The number of hydrogen-bond donors (Lipinski definition) is 1. The van der Waals surface area contributed by atoms with Gasteiger partial charge < -0.3 is 19.3 Å². The van der Waals surface area contributed by atoms with Crippen LogP contribution in [0.25, 0.3) is 11.1 Å². The molecule has 3 amide bonds. The number of amides is 3. The maximum atomic E-state index is 14.0. The number of aromatic nitrogens is 2. The molecular weight excluding hydrogens is 494 g/mol. The lowest BCUT2D eigenvalue weighted by atomic mass is 9.86. The maximum Gasteiger partial charge on any atom is 0.409 e. The number of nitrogens with one attached hydrogen (secondary N) is 1. The van der Waals surface area contributed by atoms with Crippen LogP contribution in [-0.2, 0) is 11.3 Å². The molecule has 9 heteroatoms. The number of nitrogens with zero attached hydrogens (tertiary/aromatic N) is 4. The van der Waals surface area contributed by atoms with E-state index in [2.05, 4.69) is 10.2 Å². The second-order valence-corrected chi connectivity index (χ2v) is 11.7. The summed E-state index contributed by atoms with van der Waals surface area (Å²) in [6.07, 6.45) is 4.70. The van der Waals surface area contributed by atoms with Crippen LogP contribution >= 0.6 is 0 Å². The van der Waals surface area contributed by atoms with Crippen molar-refractivity contribution in [1.29, 1.82) is 0 Å². The minimum absolute atomic E-state index is 0.0300. The lowest BCUT2D eigenvalue weighted by molar-refractivity contribution is 0.0400. The highest BCUT2D eigenvalue weighted by Crippen LogP contribution is 2.40. The third-order valence-corrected chi connectivity index (χ3v) is 7.55. The summed E-state index contributed by atoms with van der Waals surface area (Å²) in [5, 5.41) is 6.87. The number of carbonyl (C=O) groups is 2. The quantitative estimate of drug-likeness (QED) is 0.451. The topological polar surface area (TPSA) is 91.0 Å². The minimum Gasteiger partial charge on any atom is -0.497 e. The van der Waals surface area contributed by atoms with E-state index in [1.807, 2.05) is 85.3 Å². The van der Waals surface area contributed by atoms with E-state index in [1.54, 1.807) is 18.2 Å². The fourth-order valence-corrected chi connectivity index (χ4v) is 5.33. The van der Waals surface area contributed by atoms with Crippen LogP contribution in [0.2, 0.25) is 0 Å². The van der Waals surface area contributed by atoms with Crippen molar-refractivity contribution < 1.29 is 19.1 Å². The molecule has 2 aliphatic rings. The normalized spacial score (nSPS) is 17.1. The Balaban J connectivity index is 1.37. The number of piperidine rings is 1. The second-order valence-electron chi connectivity index (χ2n) is 11.7. The molecule has 1 spiro atoms. The van der Waals surface area contributed by atoms with Crippen LogP contribution < -0.4 is 9.64 Å². The van der Waals surface area contributed by atoms with Crippen molar-refractivity contribution in [1.82, 2.24) is 20.0 Å². The molecule has 0 atom stereocenters. The van der Waals surface area contributed by atoms with E-state index in [0.717, 1.165) is 28.1 Å². The summed E-state index contributed by atoms with van der Waals surface area (Å²) in [4.78, 5) is 32.4. The highest BCUT2D eigenvalue weighted by atomic mass is 16.6. The molecule has 2 saturated heterocycles. The van der Waals surface area contributed by atoms with E-state index < -0.39 is 5.54 Å². The number of carbonyl (C=O) groups excluding carboxylic acids is 2. The molecule has 5 rings (SSSR count). The SMILES string of the molecule is COc1cccc(CN2C(=O)N(c3ccc(-c4cn[nH]c4)cc3)CC23CCN(C(=O)OCC(C)(C)C)CC3)c1. The van der Waals surface area contributed by atoms with Crippen molar-refractivity contribution in [3.05, 3.63) is 66.5 Å². The summed E-state index contributed by atoms with van der Waals surface area (Å²) in [5.74, 6) is 0.760. The fourth-order valence-electron chi connectivity index (χ4n) is 5.33. The summed E-state index contributed by atoms with van der Waals surface area (Å²) in [5.41, 5.74) is 3.40. The number of anilines is 1. The first-order chi connectivity index (χ1) is 18.7. The summed E-state index contributed by atoms with van der Waals surface area (Å²) in [6.45, 7) is 8.61. The van der Waals surface area contributed by atoms with Crippen molar-refractivity contribution >= 4 is 17.8 Å². The molecule has 2 aliphatic heterocycles. The smallest absolute Gasteiger partial charge is 0.409 e. The third-order valence-electron chi connectivity index (χ3n) is 7.55. The Kier molecular flexibility index (Phi) is 7.25. The molecule has 2 fully saturated rings. The average Bonchev–Trinajstić information content (AvgIpc) is 3.56. The van der Waals surface area contributed by atoms with Gasteiger partial charge in [0.2, 0.25) is 0 Å². The van der Waals surface area contributed by atoms with Gasteiger partial charge in [-0.25, -0.2) is 9.59 Å². The zero-order valence-electron chi connectivity index (χ0n) is 23.1. The van der Waals surface area contributed by atoms with Gasteiger partial charge >= 0.3 is 12.1 Å². The summed E-state index contributed by atoms with van der Waals surface area (Å²) < 4.78 is 11.0. The third kappa shape index (κ3) is 5.72. The lowest BCUT2D eigenvalue weighted by Gasteiger charge is -2.43. The first-order valence-electron chi connectivity index (χ1n) is 13.4. The molecule has 3 aromatic rings. The molecule has 0 radical (unpaired) electrons. The average molecular weight is 532 g/mol. The van der Waals surface area contributed by atoms with Gasteiger partial charge in [-0.05, 0) is 53.6 Å². The molecule has 0 unspecified atom stereocenters. The van der Waals surface area contributed by atoms with Crippen LogP contribution in [0.1, 0.15) is 39.2 Å². The summed E-state index contributed by atoms with van der Waals surface area (Å²) in [7, 11) is 1.64. The number of likely N-dealkylation sites (tertiary alicyclic amines) is 1. The van der Waals surface area contributed by atoms with E-state index in [9.17, 15) is 9.59 Å². The Morgan fingerprint density at radius 3 is 2.46 bits per heavy atom. The van der Waals surface area contributed by atoms with E-state index in [-0.39, 0.29) is 17.5 Å². The largest absolute Gasteiger partial charge is 0.497 e. The van der Waals surface area contributed by atoms with Crippen LogP contribution in [0.15, 0.2) is 60.9 Å². The highest BCUT2D eigenvalue weighted by molar-refractivity contribution is 5.95. The molecule has 9 nitrogen and oxygen atoms in total. The predicted molar refractivity (Wildman–Crippen MR) is 150 cm³/mol.